The van der Waals surface area contributed by atoms with E-state index in [1.165, 1.54) is 12.1 Å². The van der Waals surface area contributed by atoms with Gasteiger partial charge in [-0.25, -0.2) is 13.6 Å². The van der Waals surface area contributed by atoms with E-state index >= 15 is 0 Å². The third-order valence-electron chi connectivity index (χ3n) is 3.98. The molecule has 2 rings (SSSR count). The van der Waals surface area contributed by atoms with Crippen LogP contribution in [-0.4, -0.2) is 29.8 Å². The summed E-state index contributed by atoms with van der Waals surface area (Å²) in [5.74, 6) is -1.25. The number of carbonyl (C=O) groups is 1. The lowest BCUT2D eigenvalue weighted by Crippen LogP contribution is -2.47. The van der Waals surface area contributed by atoms with Crippen LogP contribution in [0.15, 0.2) is 18.2 Å². The molecular weight excluding hydrogens is 290 g/mol. The summed E-state index contributed by atoms with van der Waals surface area (Å²) in [4.78, 5) is 11.7. The van der Waals surface area contributed by atoms with Gasteiger partial charge in [0.25, 0.3) is 0 Å². The Balaban J connectivity index is 1.69. The number of halogens is 2. The first-order valence-corrected chi connectivity index (χ1v) is 7.66. The van der Waals surface area contributed by atoms with E-state index in [1.807, 2.05) is 0 Å². The van der Waals surface area contributed by atoms with Crippen molar-refractivity contribution in [1.29, 1.82) is 0 Å². The van der Waals surface area contributed by atoms with Crippen molar-refractivity contribution in [1.82, 2.24) is 10.6 Å². The Hall–Kier alpha value is -1.69. The van der Waals surface area contributed by atoms with Gasteiger partial charge in [-0.05, 0) is 37.0 Å². The molecule has 1 aromatic carbocycles. The van der Waals surface area contributed by atoms with E-state index in [0.717, 1.165) is 25.3 Å². The van der Waals surface area contributed by atoms with Gasteiger partial charge in [0.2, 0.25) is 0 Å². The van der Waals surface area contributed by atoms with E-state index in [1.54, 1.807) is 0 Å². The molecule has 0 atom stereocenters. The molecule has 0 bridgehead atoms. The molecule has 0 unspecified atom stereocenters. The Bertz CT molecular complexity index is 497. The van der Waals surface area contributed by atoms with Gasteiger partial charge in [-0.3, -0.25) is 0 Å². The predicted molar refractivity (Wildman–Crippen MR) is 79.5 cm³/mol. The van der Waals surface area contributed by atoms with E-state index in [9.17, 15) is 18.7 Å². The van der Waals surface area contributed by atoms with Gasteiger partial charge in [0.05, 0.1) is 5.60 Å². The minimum Gasteiger partial charge on any atom is -0.388 e. The first-order chi connectivity index (χ1) is 10.5. The van der Waals surface area contributed by atoms with Crippen molar-refractivity contribution in [2.75, 3.05) is 13.1 Å². The molecule has 122 valence electrons. The predicted octanol–water partition coefficient (Wildman–Crippen LogP) is 2.50. The highest BCUT2D eigenvalue weighted by atomic mass is 19.1. The van der Waals surface area contributed by atoms with Crippen LogP contribution in [0, 0.1) is 11.6 Å². The largest absolute Gasteiger partial charge is 0.388 e. The van der Waals surface area contributed by atoms with E-state index in [0.29, 0.717) is 24.8 Å². The summed E-state index contributed by atoms with van der Waals surface area (Å²) in [5.41, 5.74) is -0.315. The average molecular weight is 312 g/mol. The normalized spacial score (nSPS) is 17.0. The molecule has 1 saturated carbocycles. The summed E-state index contributed by atoms with van der Waals surface area (Å²) < 4.78 is 26.0. The number of rotatable bonds is 5. The third-order valence-corrected chi connectivity index (χ3v) is 3.98. The zero-order chi connectivity index (χ0) is 16.0. The topological polar surface area (TPSA) is 61.4 Å². The number of benzene rings is 1. The number of carbonyl (C=O) groups excluding carboxylic acids is 1. The standard InChI is InChI=1S/C16H22F2N2O2/c17-13-8-12(9-14(18)10-13)4-7-19-15(21)20-11-16(22)5-2-1-3-6-16/h8-10,22H,1-7,11H2,(H2,19,20,21). The number of hydrogen-bond acceptors (Lipinski definition) is 2. The van der Waals surface area contributed by atoms with E-state index in [4.69, 9.17) is 0 Å². The monoisotopic (exact) mass is 312 g/mol. The molecule has 0 aromatic heterocycles. The lowest BCUT2D eigenvalue weighted by molar-refractivity contribution is 0.00720. The summed E-state index contributed by atoms with van der Waals surface area (Å²) in [6, 6.07) is 2.92. The van der Waals surface area contributed by atoms with Crippen LogP contribution >= 0.6 is 0 Å². The molecule has 0 aliphatic heterocycles. The van der Waals surface area contributed by atoms with Crippen molar-refractivity contribution >= 4 is 6.03 Å². The number of nitrogens with one attached hydrogen (secondary N) is 2. The summed E-state index contributed by atoms with van der Waals surface area (Å²) in [7, 11) is 0. The van der Waals surface area contributed by atoms with Crippen molar-refractivity contribution < 1.29 is 18.7 Å². The molecule has 0 spiro atoms. The van der Waals surface area contributed by atoms with Crippen molar-refractivity contribution in [2.24, 2.45) is 0 Å². The average Bonchev–Trinajstić information content (AvgIpc) is 2.45. The third kappa shape index (κ3) is 5.26. The van der Waals surface area contributed by atoms with Crippen molar-refractivity contribution in [3.8, 4) is 0 Å². The van der Waals surface area contributed by atoms with Crippen LogP contribution in [0.3, 0.4) is 0 Å². The number of amides is 2. The van der Waals surface area contributed by atoms with Crippen LogP contribution < -0.4 is 10.6 Å². The summed E-state index contributed by atoms with van der Waals surface area (Å²) in [5, 5.41) is 15.5. The summed E-state index contributed by atoms with van der Waals surface area (Å²) in [6.45, 7) is 0.501. The second-order valence-corrected chi connectivity index (χ2v) is 5.92. The van der Waals surface area contributed by atoms with Gasteiger partial charge in [-0.1, -0.05) is 19.3 Å². The highest BCUT2D eigenvalue weighted by Crippen LogP contribution is 2.27. The first kappa shape index (κ1) is 16.7. The van der Waals surface area contributed by atoms with E-state index in [2.05, 4.69) is 10.6 Å². The molecule has 1 aromatic rings. The Morgan fingerprint density at radius 1 is 1.09 bits per heavy atom. The van der Waals surface area contributed by atoms with Crippen LogP contribution in [0.4, 0.5) is 13.6 Å². The smallest absolute Gasteiger partial charge is 0.314 e. The molecular formula is C16H22F2N2O2. The van der Waals surface area contributed by atoms with Crippen LogP contribution in [0.25, 0.3) is 0 Å². The zero-order valence-electron chi connectivity index (χ0n) is 12.5. The van der Waals surface area contributed by atoms with Crippen LogP contribution in [0.2, 0.25) is 0 Å². The number of aliphatic hydroxyl groups is 1. The fraction of sp³-hybridized carbons (Fsp3) is 0.562. The second-order valence-electron chi connectivity index (χ2n) is 5.92. The molecule has 1 fully saturated rings. The first-order valence-electron chi connectivity index (χ1n) is 7.66. The van der Waals surface area contributed by atoms with Gasteiger partial charge in [0.15, 0.2) is 0 Å². The van der Waals surface area contributed by atoms with Gasteiger partial charge in [-0.15, -0.1) is 0 Å². The van der Waals surface area contributed by atoms with Gasteiger partial charge in [0.1, 0.15) is 11.6 Å². The summed E-state index contributed by atoms with van der Waals surface area (Å²) >= 11 is 0. The molecule has 4 nitrogen and oxygen atoms in total. The number of urea groups is 1. The molecule has 0 radical (unpaired) electrons. The van der Waals surface area contributed by atoms with Crippen molar-refractivity contribution in [2.45, 2.75) is 44.1 Å². The highest BCUT2D eigenvalue weighted by Gasteiger charge is 2.29. The molecule has 22 heavy (non-hydrogen) atoms. The molecule has 1 aliphatic carbocycles. The highest BCUT2D eigenvalue weighted by molar-refractivity contribution is 5.73. The van der Waals surface area contributed by atoms with E-state index < -0.39 is 17.2 Å². The molecule has 2 amide bonds. The van der Waals surface area contributed by atoms with Crippen LogP contribution in [0.1, 0.15) is 37.7 Å². The zero-order valence-corrected chi connectivity index (χ0v) is 12.5. The van der Waals surface area contributed by atoms with Gasteiger partial charge >= 0.3 is 6.03 Å². The number of hydrogen-bond donors (Lipinski definition) is 3. The second kappa shape index (κ2) is 7.54. The Labute approximate surface area is 128 Å². The van der Waals surface area contributed by atoms with Crippen LogP contribution in [0.5, 0.6) is 0 Å². The minimum atomic E-state index is -0.804. The molecule has 1 aliphatic rings. The maximum atomic E-state index is 13.0. The fourth-order valence-corrected chi connectivity index (χ4v) is 2.77. The van der Waals surface area contributed by atoms with Gasteiger partial charge in [0, 0.05) is 19.2 Å². The maximum absolute atomic E-state index is 13.0. The molecule has 0 saturated heterocycles. The van der Waals surface area contributed by atoms with Crippen molar-refractivity contribution in [3.05, 3.63) is 35.4 Å². The van der Waals surface area contributed by atoms with E-state index in [-0.39, 0.29) is 19.1 Å². The SMILES string of the molecule is O=C(NCCc1cc(F)cc(F)c1)NCC1(O)CCCCC1. The molecule has 3 N–H and O–H groups in total. The lowest BCUT2D eigenvalue weighted by Gasteiger charge is -2.32. The van der Waals surface area contributed by atoms with Gasteiger partial charge < -0.3 is 15.7 Å². The van der Waals surface area contributed by atoms with Crippen LogP contribution in [-0.2, 0) is 6.42 Å². The quantitative estimate of drug-likeness (QED) is 0.782. The fourth-order valence-electron chi connectivity index (χ4n) is 2.77. The minimum absolute atomic E-state index is 0.230. The van der Waals surface area contributed by atoms with Gasteiger partial charge in [-0.2, -0.15) is 0 Å². The Morgan fingerprint density at radius 2 is 1.73 bits per heavy atom. The maximum Gasteiger partial charge on any atom is 0.314 e. The molecule has 0 heterocycles. The lowest BCUT2D eigenvalue weighted by atomic mass is 9.85. The molecule has 6 heteroatoms. The Morgan fingerprint density at radius 3 is 2.36 bits per heavy atom. The summed E-state index contributed by atoms with van der Waals surface area (Å²) in [6.07, 6.45) is 4.83. The Kier molecular flexibility index (Phi) is 5.71. The van der Waals surface area contributed by atoms with Crippen molar-refractivity contribution in [3.63, 3.8) is 0 Å².